The highest BCUT2D eigenvalue weighted by atomic mass is 16.3. The summed E-state index contributed by atoms with van der Waals surface area (Å²) in [7, 11) is 0. The van der Waals surface area contributed by atoms with Gasteiger partial charge in [0.2, 0.25) is 0 Å². The fourth-order valence-corrected chi connectivity index (χ4v) is 1.67. The summed E-state index contributed by atoms with van der Waals surface area (Å²) in [6.45, 7) is 4.43. The van der Waals surface area contributed by atoms with Gasteiger partial charge in [-0.2, -0.15) is 0 Å². The van der Waals surface area contributed by atoms with E-state index in [1.807, 2.05) is 4.90 Å². The zero-order chi connectivity index (χ0) is 9.97. The quantitative estimate of drug-likeness (QED) is 0.716. The summed E-state index contributed by atoms with van der Waals surface area (Å²) in [5.41, 5.74) is 0. The largest absolute Gasteiger partial charge is 0.459 e. The van der Waals surface area contributed by atoms with E-state index in [2.05, 4.69) is 12.2 Å². The normalized spacial score (nSPS) is 22.4. The number of amides is 1. The summed E-state index contributed by atoms with van der Waals surface area (Å²) in [6, 6.07) is 3.80. The maximum absolute atomic E-state index is 11.8. The highest BCUT2D eigenvalue weighted by Crippen LogP contribution is 2.07. The zero-order valence-electron chi connectivity index (χ0n) is 8.19. The number of hydrogen-bond acceptors (Lipinski definition) is 3. The summed E-state index contributed by atoms with van der Waals surface area (Å²) in [5, 5.41) is 3.29. The van der Waals surface area contributed by atoms with E-state index in [0.717, 1.165) is 19.6 Å². The number of carbonyl (C=O) groups is 1. The number of nitrogens with one attached hydrogen (secondary N) is 1. The average molecular weight is 194 g/mol. The first-order valence-electron chi connectivity index (χ1n) is 4.83. The number of hydrogen-bond donors (Lipinski definition) is 1. The first-order chi connectivity index (χ1) is 6.77. The molecule has 1 saturated heterocycles. The molecule has 14 heavy (non-hydrogen) atoms. The van der Waals surface area contributed by atoms with Gasteiger partial charge >= 0.3 is 0 Å². The van der Waals surface area contributed by atoms with E-state index >= 15 is 0 Å². The van der Waals surface area contributed by atoms with Crippen LogP contribution in [-0.2, 0) is 0 Å². The van der Waals surface area contributed by atoms with Gasteiger partial charge in [0.1, 0.15) is 0 Å². The van der Waals surface area contributed by atoms with E-state index in [9.17, 15) is 4.79 Å². The van der Waals surface area contributed by atoms with E-state index in [0.29, 0.717) is 11.8 Å². The highest BCUT2D eigenvalue weighted by Gasteiger charge is 2.22. The van der Waals surface area contributed by atoms with Gasteiger partial charge in [0, 0.05) is 25.7 Å². The lowest BCUT2D eigenvalue weighted by Gasteiger charge is -2.31. The van der Waals surface area contributed by atoms with Crippen molar-refractivity contribution in [3.63, 3.8) is 0 Å². The Hall–Kier alpha value is -1.29. The minimum atomic E-state index is -0.0108. The number of rotatable bonds is 1. The Bertz CT molecular complexity index is 308. The maximum atomic E-state index is 11.8. The molecule has 1 atom stereocenters. The fourth-order valence-electron chi connectivity index (χ4n) is 1.67. The van der Waals surface area contributed by atoms with Crippen LogP contribution in [0.5, 0.6) is 0 Å². The summed E-state index contributed by atoms with van der Waals surface area (Å²) >= 11 is 0. The molecule has 0 aliphatic carbocycles. The predicted octanol–water partition coefficient (Wildman–Crippen LogP) is 0.714. The molecule has 0 radical (unpaired) electrons. The molecule has 1 fully saturated rings. The Morgan fingerprint density at radius 1 is 1.71 bits per heavy atom. The molecule has 2 rings (SSSR count). The second-order valence-corrected chi connectivity index (χ2v) is 3.58. The van der Waals surface area contributed by atoms with Gasteiger partial charge in [-0.05, 0) is 19.1 Å². The van der Waals surface area contributed by atoms with Gasteiger partial charge in [-0.15, -0.1) is 0 Å². The van der Waals surface area contributed by atoms with Crippen molar-refractivity contribution < 1.29 is 9.21 Å². The van der Waals surface area contributed by atoms with Crippen LogP contribution in [0.3, 0.4) is 0 Å². The summed E-state index contributed by atoms with van der Waals surface area (Å²) in [4.78, 5) is 13.6. The molecule has 1 aliphatic rings. The van der Waals surface area contributed by atoms with Gasteiger partial charge in [0.25, 0.3) is 5.91 Å². The third kappa shape index (κ3) is 1.80. The van der Waals surface area contributed by atoms with Crippen molar-refractivity contribution >= 4 is 5.91 Å². The lowest BCUT2D eigenvalue weighted by Crippen LogP contribution is -2.51. The monoisotopic (exact) mass is 194 g/mol. The third-order valence-corrected chi connectivity index (χ3v) is 2.39. The first kappa shape index (κ1) is 9.27. The van der Waals surface area contributed by atoms with Crippen LogP contribution in [0.2, 0.25) is 0 Å². The van der Waals surface area contributed by atoms with E-state index < -0.39 is 0 Å². The van der Waals surface area contributed by atoms with Crippen molar-refractivity contribution in [2.75, 3.05) is 19.6 Å². The first-order valence-corrected chi connectivity index (χ1v) is 4.83. The minimum Gasteiger partial charge on any atom is -0.459 e. The van der Waals surface area contributed by atoms with E-state index in [4.69, 9.17) is 4.42 Å². The summed E-state index contributed by atoms with van der Waals surface area (Å²) < 4.78 is 5.07. The molecule has 0 aromatic carbocycles. The van der Waals surface area contributed by atoms with Crippen LogP contribution >= 0.6 is 0 Å². The molecular formula is C10H14N2O2. The van der Waals surface area contributed by atoms with Gasteiger partial charge in [-0.3, -0.25) is 4.79 Å². The van der Waals surface area contributed by atoms with Crippen molar-refractivity contribution in [3.05, 3.63) is 24.2 Å². The highest BCUT2D eigenvalue weighted by molar-refractivity contribution is 5.91. The van der Waals surface area contributed by atoms with Gasteiger partial charge in [-0.25, -0.2) is 0 Å². The Balaban J connectivity index is 2.04. The Morgan fingerprint density at radius 2 is 2.57 bits per heavy atom. The van der Waals surface area contributed by atoms with Gasteiger partial charge in [0.05, 0.1) is 6.26 Å². The minimum absolute atomic E-state index is 0.0108. The van der Waals surface area contributed by atoms with Crippen LogP contribution in [0.15, 0.2) is 22.8 Å². The average Bonchev–Trinajstić information content (AvgIpc) is 2.69. The molecule has 0 unspecified atom stereocenters. The smallest absolute Gasteiger partial charge is 0.289 e. The van der Waals surface area contributed by atoms with Crippen LogP contribution in [0.25, 0.3) is 0 Å². The zero-order valence-corrected chi connectivity index (χ0v) is 8.19. The molecule has 1 aliphatic heterocycles. The molecule has 2 heterocycles. The van der Waals surface area contributed by atoms with Crippen molar-refractivity contribution in [2.45, 2.75) is 13.0 Å². The summed E-state index contributed by atoms with van der Waals surface area (Å²) in [6.07, 6.45) is 1.53. The second-order valence-electron chi connectivity index (χ2n) is 3.58. The second kappa shape index (κ2) is 3.84. The standard InChI is InChI=1S/C10H14N2O2/c1-8-7-12(5-4-11-8)10(13)9-3-2-6-14-9/h2-3,6,8,11H,4-5,7H2,1H3/t8-/m1/s1. The van der Waals surface area contributed by atoms with Crippen molar-refractivity contribution in [3.8, 4) is 0 Å². The third-order valence-electron chi connectivity index (χ3n) is 2.39. The number of carbonyl (C=O) groups excluding carboxylic acids is 1. The Morgan fingerprint density at radius 3 is 3.21 bits per heavy atom. The molecule has 0 saturated carbocycles. The van der Waals surface area contributed by atoms with E-state index in [1.165, 1.54) is 6.26 Å². The van der Waals surface area contributed by atoms with Gasteiger partial charge < -0.3 is 14.6 Å². The molecule has 76 valence electrons. The topological polar surface area (TPSA) is 45.5 Å². The van der Waals surface area contributed by atoms with Crippen molar-refractivity contribution in [1.82, 2.24) is 10.2 Å². The predicted molar refractivity (Wildman–Crippen MR) is 52.1 cm³/mol. The van der Waals surface area contributed by atoms with Gasteiger partial charge in [0.15, 0.2) is 5.76 Å². The molecule has 0 bridgehead atoms. The van der Waals surface area contributed by atoms with E-state index in [-0.39, 0.29) is 5.91 Å². The van der Waals surface area contributed by atoms with Crippen LogP contribution in [-0.4, -0.2) is 36.5 Å². The molecular weight excluding hydrogens is 180 g/mol. The molecule has 0 spiro atoms. The molecule has 1 aromatic heterocycles. The summed E-state index contributed by atoms with van der Waals surface area (Å²) in [5.74, 6) is 0.419. The van der Waals surface area contributed by atoms with Crippen LogP contribution in [0.4, 0.5) is 0 Å². The molecule has 1 N–H and O–H groups in total. The fraction of sp³-hybridized carbons (Fsp3) is 0.500. The van der Waals surface area contributed by atoms with Crippen molar-refractivity contribution in [2.24, 2.45) is 0 Å². The SMILES string of the molecule is C[C@@H]1CN(C(=O)c2ccco2)CCN1. The Labute approximate surface area is 82.9 Å². The van der Waals surface area contributed by atoms with Crippen molar-refractivity contribution in [1.29, 1.82) is 0 Å². The molecule has 1 aromatic rings. The number of furan rings is 1. The van der Waals surface area contributed by atoms with Crippen LogP contribution in [0.1, 0.15) is 17.5 Å². The lowest BCUT2D eigenvalue weighted by atomic mass is 10.2. The maximum Gasteiger partial charge on any atom is 0.289 e. The molecule has 1 amide bonds. The van der Waals surface area contributed by atoms with E-state index in [1.54, 1.807) is 12.1 Å². The number of nitrogens with zero attached hydrogens (tertiary/aromatic N) is 1. The van der Waals surface area contributed by atoms with Gasteiger partial charge in [-0.1, -0.05) is 0 Å². The Kier molecular flexibility index (Phi) is 2.54. The lowest BCUT2D eigenvalue weighted by molar-refractivity contribution is 0.0677. The van der Waals surface area contributed by atoms with Crippen LogP contribution in [0, 0.1) is 0 Å². The number of piperazine rings is 1. The molecule has 4 nitrogen and oxygen atoms in total. The molecule has 4 heteroatoms. The van der Waals surface area contributed by atoms with Crippen LogP contribution < -0.4 is 5.32 Å².